The van der Waals surface area contributed by atoms with Crippen molar-refractivity contribution in [1.82, 2.24) is 20.2 Å². The number of nitrogens with one attached hydrogen (secondary N) is 1. The van der Waals surface area contributed by atoms with E-state index in [1.165, 1.54) is 10.4 Å². The standard InChI is InChI=1S/C18H20N6O/c1-12(2)13-5-9-16(10-6-13)20-17(25)11-24-22-18(21-23-24)14-3-7-15(19)8-4-14/h3-10,12H,11,19H2,1-2H3,(H,20,25). The Morgan fingerprint density at radius 2 is 1.80 bits per heavy atom. The maximum atomic E-state index is 12.1. The Labute approximate surface area is 145 Å². The van der Waals surface area contributed by atoms with Crippen LogP contribution in [0.2, 0.25) is 0 Å². The number of tetrazole rings is 1. The monoisotopic (exact) mass is 336 g/mol. The van der Waals surface area contributed by atoms with Crippen molar-refractivity contribution in [3.8, 4) is 11.4 Å². The zero-order chi connectivity index (χ0) is 17.8. The van der Waals surface area contributed by atoms with Crippen LogP contribution in [0.4, 0.5) is 11.4 Å². The number of benzene rings is 2. The van der Waals surface area contributed by atoms with Gasteiger partial charge in [-0.1, -0.05) is 26.0 Å². The van der Waals surface area contributed by atoms with Gasteiger partial charge in [0.2, 0.25) is 11.7 Å². The highest BCUT2D eigenvalue weighted by molar-refractivity contribution is 5.90. The van der Waals surface area contributed by atoms with E-state index in [1.807, 2.05) is 36.4 Å². The van der Waals surface area contributed by atoms with Gasteiger partial charge in [-0.05, 0) is 53.1 Å². The molecule has 0 spiro atoms. The third-order valence-electron chi connectivity index (χ3n) is 3.77. The second-order valence-electron chi connectivity index (χ2n) is 6.09. The van der Waals surface area contributed by atoms with Crippen LogP contribution in [-0.4, -0.2) is 26.1 Å². The van der Waals surface area contributed by atoms with Gasteiger partial charge in [0.15, 0.2) is 0 Å². The SMILES string of the molecule is CC(C)c1ccc(NC(=O)Cn2nnc(-c3ccc(N)cc3)n2)cc1. The third-order valence-corrected chi connectivity index (χ3v) is 3.77. The van der Waals surface area contributed by atoms with Gasteiger partial charge in [-0.15, -0.1) is 10.2 Å². The number of aromatic nitrogens is 4. The molecule has 0 atom stereocenters. The molecule has 128 valence electrons. The van der Waals surface area contributed by atoms with Crippen LogP contribution < -0.4 is 11.1 Å². The van der Waals surface area contributed by atoms with Gasteiger partial charge < -0.3 is 11.1 Å². The minimum Gasteiger partial charge on any atom is -0.399 e. The summed E-state index contributed by atoms with van der Waals surface area (Å²) in [4.78, 5) is 13.4. The number of nitrogens with two attached hydrogens (primary N) is 1. The lowest BCUT2D eigenvalue weighted by atomic mass is 10.0. The quantitative estimate of drug-likeness (QED) is 0.698. The third kappa shape index (κ3) is 4.20. The van der Waals surface area contributed by atoms with Gasteiger partial charge in [0.05, 0.1) is 0 Å². The topological polar surface area (TPSA) is 98.7 Å². The fourth-order valence-corrected chi connectivity index (χ4v) is 2.34. The van der Waals surface area contributed by atoms with Gasteiger partial charge in [0, 0.05) is 16.9 Å². The molecule has 0 radical (unpaired) electrons. The van der Waals surface area contributed by atoms with Gasteiger partial charge in [0.25, 0.3) is 0 Å². The number of hydrogen-bond acceptors (Lipinski definition) is 5. The lowest BCUT2D eigenvalue weighted by Crippen LogP contribution is -2.20. The van der Waals surface area contributed by atoms with E-state index in [0.717, 1.165) is 11.3 Å². The molecule has 3 aromatic rings. The summed E-state index contributed by atoms with van der Waals surface area (Å²) in [6.07, 6.45) is 0. The first-order chi connectivity index (χ1) is 12.0. The molecule has 0 unspecified atom stereocenters. The summed E-state index contributed by atoms with van der Waals surface area (Å²) >= 11 is 0. The summed E-state index contributed by atoms with van der Waals surface area (Å²) in [6, 6.07) is 15.0. The summed E-state index contributed by atoms with van der Waals surface area (Å²) in [7, 11) is 0. The van der Waals surface area contributed by atoms with Crippen molar-refractivity contribution < 1.29 is 4.79 Å². The van der Waals surface area contributed by atoms with E-state index >= 15 is 0 Å². The molecule has 0 bridgehead atoms. The summed E-state index contributed by atoms with van der Waals surface area (Å²) in [5.41, 5.74) is 9.09. The molecule has 0 fully saturated rings. The molecule has 7 heteroatoms. The maximum absolute atomic E-state index is 12.1. The number of rotatable bonds is 5. The van der Waals surface area contributed by atoms with E-state index in [1.54, 1.807) is 12.1 Å². The summed E-state index contributed by atoms with van der Waals surface area (Å²) < 4.78 is 0. The largest absolute Gasteiger partial charge is 0.399 e. The number of anilines is 2. The van der Waals surface area contributed by atoms with Crippen LogP contribution in [0.5, 0.6) is 0 Å². The average molecular weight is 336 g/mol. The first-order valence-corrected chi connectivity index (χ1v) is 8.05. The lowest BCUT2D eigenvalue weighted by molar-refractivity contribution is -0.117. The van der Waals surface area contributed by atoms with Gasteiger partial charge in [-0.25, -0.2) is 0 Å². The van der Waals surface area contributed by atoms with Crippen molar-refractivity contribution in [3.63, 3.8) is 0 Å². The molecule has 3 rings (SSSR count). The first-order valence-electron chi connectivity index (χ1n) is 8.05. The van der Waals surface area contributed by atoms with Crippen molar-refractivity contribution in [2.24, 2.45) is 0 Å². The molecule has 1 heterocycles. The van der Waals surface area contributed by atoms with E-state index < -0.39 is 0 Å². The zero-order valence-corrected chi connectivity index (χ0v) is 14.2. The van der Waals surface area contributed by atoms with E-state index in [4.69, 9.17) is 5.73 Å². The number of nitrogens with zero attached hydrogens (tertiary/aromatic N) is 4. The Kier molecular flexibility index (Phi) is 4.74. The lowest BCUT2D eigenvalue weighted by Gasteiger charge is -2.08. The Bertz CT molecular complexity index is 852. The molecule has 25 heavy (non-hydrogen) atoms. The van der Waals surface area contributed by atoms with Crippen LogP contribution in [-0.2, 0) is 11.3 Å². The smallest absolute Gasteiger partial charge is 0.248 e. The second kappa shape index (κ2) is 7.12. The van der Waals surface area contributed by atoms with Crippen molar-refractivity contribution in [1.29, 1.82) is 0 Å². The fraction of sp³-hybridized carbons (Fsp3) is 0.222. The molecule has 0 aliphatic heterocycles. The number of carbonyl (C=O) groups is 1. The molecular formula is C18H20N6O. The molecule has 1 aromatic heterocycles. The Hall–Kier alpha value is -3.22. The molecule has 0 saturated heterocycles. The zero-order valence-electron chi connectivity index (χ0n) is 14.2. The van der Waals surface area contributed by atoms with E-state index in [2.05, 4.69) is 34.6 Å². The predicted molar refractivity (Wildman–Crippen MR) is 96.8 cm³/mol. The normalized spacial score (nSPS) is 10.8. The molecule has 0 aliphatic rings. The van der Waals surface area contributed by atoms with Gasteiger partial charge in [-0.3, -0.25) is 4.79 Å². The van der Waals surface area contributed by atoms with Gasteiger partial charge >= 0.3 is 0 Å². The molecule has 7 nitrogen and oxygen atoms in total. The predicted octanol–water partition coefficient (Wildman–Crippen LogP) is 2.68. The second-order valence-corrected chi connectivity index (χ2v) is 6.09. The van der Waals surface area contributed by atoms with Crippen LogP contribution >= 0.6 is 0 Å². The van der Waals surface area contributed by atoms with E-state index in [-0.39, 0.29) is 12.5 Å². The molecule has 1 amide bonds. The maximum Gasteiger partial charge on any atom is 0.248 e. The average Bonchev–Trinajstić information content (AvgIpc) is 3.04. The van der Waals surface area contributed by atoms with Crippen molar-refractivity contribution >= 4 is 17.3 Å². The fourth-order valence-electron chi connectivity index (χ4n) is 2.34. The number of amides is 1. The minimum absolute atomic E-state index is 0.00605. The number of hydrogen-bond donors (Lipinski definition) is 2. The van der Waals surface area contributed by atoms with Crippen molar-refractivity contribution in [2.45, 2.75) is 26.3 Å². The van der Waals surface area contributed by atoms with E-state index in [9.17, 15) is 4.79 Å². The first kappa shape index (κ1) is 16.6. The Morgan fingerprint density at radius 1 is 1.12 bits per heavy atom. The van der Waals surface area contributed by atoms with E-state index in [0.29, 0.717) is 17.4 Å². The molecular weight excluding hydrogens is 316 g/mol. The van der Waals surface area contributed by atoms with Gasteiger partial charge in [0.1, 0.15) is 6.54 Å². The van der Waals surface area contributed by atoms with Crippen LogP contribution in [0, 0.1) is 0 Å². The van der Waals surface area contributed by atoms with Gasteiger partial charge in [-0.2, -0.15) is 4.80 Å². The highest BCUT2D eigenvalue weighted by Crippen LogP contribution is 2.17. The Balaban J connectivity index is 1.62. The summed E-state index contributed by atoms with van der Waals surface area (Å²) in [5.74, 6) is 0.698. The van der Waals surface area contributed by atoms with Crippen LogP contribution in [0.15, 0.2) is 48.5 Å². The van der Waals surface area contributed by atoms with Crippen LogP contribution in [0.25, 0.3) is 11.4 Å². The number of carbonyl (C=O) groups excluding carboxylic acids is 1. The summed E-state index contributed by atoms with van der Waals surface area (Å²) in [5, 5.41) is 14.9. The minimum atomic E-state index is -0.210. The summed E-state index contributed by atoms with van der Waals surface area (Å²) in [6.45, 7) is 4.25. The van der Waals surface area contributed by atoms with Crippen LogP contribution in [0.1, 0.15) is 25.3 Å². The molecule has 2 aromatic carbocycles. The Morgan fingerprint density at radius 3 is 2.44 bits per heavy atom. The number of nitrogen functional groups attached to an aromatic ring is 1. The van der Waals surface area contributed by atoms with Crippen molar-refractivity contribution in [3.05, 3.63) is 54.1 Å². The van der Waals surface area contributed by atoms with Crippen LogP contribution in [0.3, 0.4) is 0 Å². The highest BCUT2D eigenvalue weighted by atomic mass is 16.2. The molecule has 3 N–H and O–H groups in total. The molecule has 0 saturated carbocycles. The van der Waals surface area contributed by atoms with Crippen molar-refractivity contribution in [2.75, 3.05) is 11.1 Å². The molecule has 0 aliphatic carbocycles. The highest BCUT2D eigenvalue weighted by Gasteiger charge is 2.10.